The predicted molar refractivity (Wildman–Crippen MR) is 67.4 cm³/mol. The standard InChI is InChI=1S/C13H18N4/c1-10(15)13-6-5-12(9-16-13)17(8-2-7-14)11-3-4-11/h5-6,9-11H,2-4,8,15H2,1H3/t10-/m1/s1. The van der Waals surface area contributed by atoms with E-state index in [9.17, 15) is 0 Å². The number of nitriles is 1. The molecule has 2 rings (SSSR count). The molecule has 2 N–H and O–H groups in total. The number of nitrogens with two attached hydrogens (primary N) is 1. The largest absolute Gasteiger partial charge is 0.366 e. The second-order valence-electron chi connectivity index (χ2n) is 4.56. The molecule has 0 amide bonds. The van der Waals surface area contributed by atoms with Crippen LogP contribution in [-0.2, 0) is 0 Å². The van der Waals surface area contributed by atoms with Crippen LogP contribution in [0.25, 0.3) is 0 Å². The summed E-state index contributed by atoms with van der Waals surface area (Å²) < 4.78 is 0. The summed E-state index contributed by atoms with van der Waals surface area (Å²) in [5.74, 6) is 0. The maximum atomic E-state index is 8.67. The number of rotatable bonds is 5. The lowest BCUT2D eigenvalue weighted by molar-refractivity contribution is 0.766. The molecule has 1 aliphatic rings. The molecule has 90 valence electrons. The molecule has 0 radical (unpaired) electrons. The molecule has 0 aliphatic heterocycles. The Morgan fingerprint density at radius 2 is 2.35 bits per heavy atom. The highest BCUT2D eigenvalue weighted by Crippen LogP contribution is 2.31. The topological polar surface area (TPSA) is 65.9 Å². The highest BCUT2D eigenvalue weighted by Gasteiger charge is 2.29. The zero-order valence-corrected chi connectivity index (χ0v) is 10.1. The van der Waals surface area contributed by atoms with Crippen LogP contribution in [0.5, 0.6) is 0 Å². The van der Waals surface area contributed by atoms with E-state index in [4.69, 9.17) is 11.0 Å². The fourth-order valence-electron chi connectivity index (χ4n) is 1.92. The fraction of sp³-hybridized carbons (Fsp3) is 0.538. The molecule has 0 spiro atoms. The summed E-state index contributed by atoms with van der Waals surface area (Å²) in [5.41, 5.74) is 7.78. The van der Waals surface area contributed by atoms with Gasteiger partial charge in [-0.1, -0.05) is 0 Å². The van der Waals surface area contributed by atoms with Crippen molar-refractivity contribution in [2.24, 2.45) is 5.73 Å². The first kappa shape index (κ1) is 11.9. The van der Waals surface area contributed by atoms with E-state index in [0.29, 0.717) is 12.5 Å². The van der Waals surface area contributed by atoms with Crippen molar-refractivity contribution in [1.82, 2.24) is 4.98 Å². The predicted octanol–water partition coefficient (Wildman–Crippen LogP) is 1.98. The molecule has 17 heavy (non-hydrogen) atoms. The summed E-state index contributed by atoms with van der Waals surface area (Å²) in [7, 11) is 0. The second-order valence-corrected chi connectivity index (χ2v) is 4.56. The van der Waals surface area contributed by atoms with Crippen LogP contribution in [0.1, 0.15) is 37.9 Å². The van der Waals surface area contributed by atoms with Gasteiger partial charge in [0.1, 0.15) is 0 Å². The number of aromatic nitrogens is 1. The Bertz CT molecular complexity index is 400. The maximum absolute atomic E-state index is 8.67. The molecule has 1 heterocycles. The Labute approximate surface area is 102 Å². The molecule has 0 aromatic carbocycles. The molecule has 0 bridgehead atoms. The fourth-order valence-corrected chi connectivity index (χ4v) is 1.92. The molecular formula is C13H18N4. The highest BCUT2D eigenvalue weighted by atomic mass is 15.2. The SMILES string of the molecule is C[C@@H](N)c1ccc(N(CCC#N)C2CC2)cn1. The lowest BCUT2D eigenvalue weighted by Crippen LogP contribution is -2.26. The van der Waals surface area contributed by atoms with Crippen LogP contribution in [0.2, 0.25) is 0 Å². The van der Waals surface area contributed by atoms with Gasteiger partial charge in [-0.05, 0) is 31.9 Å². The number of pyridine rings is 1. The van der Waals surface area contributed by atoms with E-state index in [1.165, 1.54) is 12.8 Å². The van der Waals surface area contributed by atoms with Crippen LogP contribution in [0.3, 0.4) is 0 Å². The Kier molecular flexibility index (Phi) is 3.60. The average Bonchev–Trinajstić information content (AvgIpc) is 3.14. The molecule has 1 aromatic heterocycles. The van der Waals surface area contributed by atoms with Gasteiger partial charge in [-0.2, -0.15) is 5.26 Å². The molecule has 4 heteroatoms. The minimum absolute atomic E-state index is 0.0301. The minimum atomic E-state index is -0.0301. The van der Waals surface area contributed by atoms with Gasteiger partial charge in [-0.3, -0.25) is 4.98 Å². The van der Waals surface area contributed by atoms with Crippen molar-refractivity contribution >= 4 is 5.69 Å². The molecule has 4 nitrogen and oxygen atoms in total. The summed E-state index contributed by atoms with van der Waals surface area (Å²) in [5, 5.41) is 8.67. The van der Waals surface area contributed by atoms with Crippen LogP contribution in [0.15, 0.2) is 18.3 Å². The molecule has 1 atom stereocenters. The van der Waals surface area contributed by atoms with E-state index in [1.807, 2.05) is 19.2 Å². The summed E-state index contributed by atoms with van der Waals surface area (Å²) in [4.78, 5) is 6.65. The van der Waals surface area contributed by atoms with Crippen LogP contribution >= 0.6 is 0 Å². The van der Waals surface area contributed by atoms with E-state index < -0.39 is 0 Å². The van der Waals surface area contributed by atoms with E-state index in [-0.39, 0.29) is 6.04 Å². The Morgan fingerprint density at radius 1 is 1.59 bits per heavy atom. The zero-order chi connectivity index (χ0) is 12.3. The molecule has 1 aromatic rings. The molecule has 1 saturated carbocycles. The van der Waals surface area contributed by atoms with Gasteiger partial charge in [0, 0.05) is 18.6 Å². The van der Waals surface area contributed by atoms with Crippen molar-refractivity contribution in [3.63, 3.8) is 0 Å². The zero-order valence-electron chi connectivity index (χ0n) is 10.1. The first-order valence-electron chi connectivity index (χ1n) is 6.07. The van der Waals surface area contributed by atoms with Crippen molar-refractivity contribution in [2.75, 3.05) is 11.4 Å². The van der Waals surface area contributed by atoms with Gasteiger partial charge in [-0.15, -0.1) is 0 Å². The Hall–Kier alpha value is -1.60. The third-order valence-electron chi connectivity index (χ3n) is 3.02. The van der Waals surface area contributed by atoms with Gasteiger partial charge < -0.3 is 10.6 Å². The average molecular weight is 230 g/mol. The lowest BCUT2D eigenvalue weighted by Gasteiger charge is -2.23. The smallest absolute Gasteiger partial charge is 0.0640 e. The summed E-state index contributed by atoms with van der Waals surface area (Å²) in [6, 6.07) is 6.80. The first-order chi connectivity index (χ1) is 8.22. The van der Waals surface area contributed by atoms with Gasteiger partial charge >= 0.3 is 0 Å². The Balaban J connectivity index is 2.10. The molecular weight excluding hydrogens is 212 g/mol. The molecule has 0 saturated heterocycles. The summed E-state index contributed by atoms with van der Waals surface area (Å²) in [6.45, 7) is 2.72. The van der Waals surface area contributed by atoms with Gasteiger partial charge in [0.15, 0.2) is 0 Å². The third-order valence-corrected chi connectivity index (χ3v) is 3.02. The first-order valence-corrected chi connectivity index (χ1v) is 6.07. The number of nitrogens with zero attached hydrogens (tertiary/aromatic N) is 3. The van der Waals surface area contributed by atoms with Crippen LogP contribution in [0, 0.1) is 11.3 Å². The van der Waals surface area contributed by atoms with Crippen LogP contribution in [-0.4, -0.2) is 17.6 Å². The monoisotopic (exact) mass is 230 g/mol. The quantitative estimate of drug-likeness (QED) is 0.840. The van der Waals surface area contributed by atoms with Crippen molar-refractivity contribution in [3.05, 3.63) is 24.0 Å². The number of hydrogen-bond donors (Lipinski definition) is 1. The van der Waals surface area contributed by atoms with Crippen molar-refractivity contribution in [1.29, 1.82) is 5.26 Å². The maximum Gasteiger partial charge on any atom is 0.0640 e. The summed E-state index contributed by atoms with van der Waals surface area (Å²) in [6.07, 6.45) is 4.88. The van der Waals surface area contributed by atoms with Crippen LogP contribution in [0.4, 0.5) is 5.69 Å². The van der Waals surface area contributed by atoms with Gasteiger partial charge in [0.05, 0.1) is 30.1 Å². The van der Waals surface area contributed by atoms with E-state index in [2.05, 4.69) is 22.0 Å². The van der Waals surface area contributed by atoms with E-state index in [0.717, 1.165) is 17.9 Å². The van der Waals surface area contributed by atoms with Crippen molar-refractivity contribution in [3.8, 4) is 6.07 Å². The lowest BCUT2D eigenvalue weighted by atomic mass is 10.2. The van der Waals surface area contributed by atoms with Crippen molar-refractivity contribution in [2.45, 2.75) is 38.3 Å². The molecule has 1 fully saturated rings. The summed E-state index contributed by atoms with van der Waals surface area (Å²) >= 11 is 0. The van der Waals surface area contributed by atoms with Crippen molar-refractivity contribution < 1.29 is 0 Å². The molecule has 1 aliphatic carbocycles. The third kappa shape index (κ3) is 2.95. The highest BCUT2D eigenvalue weighted by molar-refractivity contribution is 5.47. The van der Waals surface area contributed by atoms with E-state index >= 15 is 0 Å². The normalized spacial score (nSPS) is 16.3. The van der Waals surface area contributed by atoms with Gasteiger partial charge in [-0.25, -0.2) is 0 Å². The molecule has 0 unspecified atom stereocenters. The van der Waals surface area contributed by atoms with Crippen LogP contribution < -0.4 is 10.6 Å². The van der Waals surface area contributed by atoms with Gasteiger partial charge in [0.2, 0.25) is 0 Å². The second kappa shape index (κ2) is 5.15. The number of hydrogen-bond acceptors (Lipinski definition) is 4. The number of anilines is 1. The van der Waals surface area contributed by atoms with Gasteiger partial charge in [0.25, 0.3) is 0 Å². The minimum Gasteiger partial charge on any atom is -0.366 e. The Morgan fingerprint density at radius 3 is 2.82 bits per heavy atom. The van der Waals surface area contributed by atoms with E-state index in [1.54, 1.807) is 0 Å².